The van der Waals surface area contributed by atoms with E-state index >= 15 is 0 Å². The number of halogens is 2. The van der Waals surface area contributed by atoms with Gasteiger partial charge < -0.3 is 9.80 Å². The van der Waals surface area contributed by atoms with Gasteiger partial charge in [0.25, 0.3) is 5.56 Å². The van der Waals surface area contributed by atoms with Gasteiger partial charge in [0.05, 0.1) is 11.9 Å². The number of hydrogen-bond acceptors (Lipinski definition) is 6. The average molecular weight is 308 g/mol. The monoisotopic (exact) mass is 308 g/mol. The van der Waals surface area contributed by atoms with E-state index in [2.05, 4.69) is 19.9 Å². The van der Waals surface area contributed by atoms with E-state index in [-0.39, 0.29) is 11.5 Å². The Kier molecular flexibility index (Phi) is 3.70. The van der Waals surface area contributed by atoms with Crippen molar-refractivity contribution in [2.24, 2.45) is 0 Å². The highest BCUT2D eigenvalue weighted by atomic mass is 19.1. The molecule has 0 aliphatic carbocycles. The molecule has 2 aromatic heterocycles. The van der Waals surface area contributed by atoms with Gasteiger partial charge in [-0.15, -0.1) is 0 Å². The van der Waals surface area contributed by atoms with E-state index in [1.165, 1.54) is 13.3 Å². The van der Waals surface area contributed by atoms with Crippen molar-refractivity contribution in [3.63, 3.8) is 0 Å². The molecule has 0 aromatic carbocycles. The van der Waals surface area contributed by atoms with Crippen LogP contribution in [0.3, 0.4) is 0 Å². The molecular weight excluding hydrogens is 294 g/mol. The lowest BCUT2D eigenvalue weighted by molar-refractivity contribution is 0.568. The summed E-state index contributed by atoms with van der Waals surface area (Å²) in [5.41, 5.74) is -0.727. The van der Waals surface area contributed by atoms with Crippen LogP contribution in [0.5, 0.6) is 0 Å². The largest absolute Gasteiger partial charge is 0.351 e. The Hall–Kier alpha value is -2.58. The van der Waals surface area contributed by atoms with E-state index in [1.54, 1.807) is 4.90 Å². The predicted octanol–water partition coefficient (Wildman–Crippen LogP) is 0.473. The van der Waals surface area contributed by atoms with E-state index in [0.29, 0.717) is 32.1 Å². The highest BCUT2D eigenvalue weighted by molar-refractivity contribution is 5.42. The van der Waals surface area contributed by atoms with Crippen LogP contribution in [0.25, 0.3) is 0 Å². The van der Waals surface area contributed by atoms with Crippen molar-refractivity contribution in [2.45, 2.75) is 6.92 Å². The highest BCUT2D eigenvalue weighted by Gasteiger charge is 2.22. The molecule has 0 atom stereocenters. The van der Waals surface area contributed by atoms with Crippen LogP contribution in [0.1, 0.15) is 5.69 Å². The van der Waals surface area contributed by atoms with Crippen LogP contribution in [0.2, 0.25) is 0 Å². The summed E-state index contributed by atoms with van der Waals surface area (Å²) in [5, 5.41) is 0. The standard InChI is InChI=1S/C13H14F2N6O/c1-8-10(15)12(22)19-13(18-8)21-4-2-20(3-5-21)11-9(14)6-16-7-17-11/h6-7H,2-5H2,1H3,(H,18,19,22). The Labute approximate surface area is 124 Å². The third-order valence-corrected chi connectivity index (χ3v) is 3.54. The zero-order valence-electron chi connectivity index (χ0n) is 11.9. The molecule has 1 aliphatic rings. The molecule has 0 bridgehead atoms. The number of hydrogen-bond donors (Lipinski definition) is 1. The highest BCUT2D eigenvalue weighted by Crippen LogP contribution is 2.18. The molecule has 1 saturated heterocycles. The zero-order valence-corrected chi connectivity index (χ0v) is 11.9. The van der Waals surface area contributed by atoms with Crippen molar-refractivity contribution in [3.05, 3.63) is 40.2 Å². The van der Waals surface area contributed by atoms with Crippen LogP contribution < -0.4 is 15.4 Å². The maximum atomic E-state index is 13.7. The molecule has 7 nitrogen and oxygen atoms in total. The van der Waals surface area contributed by atoms with Gasteiger partial charge in [0, 0.05) is 26.2 Å². The molecule has 0 radical (unpaired) electrons. The van der Waals surface area contributed by atoms with E-state index in [1.807, 2.05) is 4.90 Å². The molecule has 0 amide bonds. The molecule has 116 valence electrons. The van der Waals surface area contributed by atoms with Gasteiger partial charge in [-0.25, -0.2) is 19.3 Å². The number of aryl methyl sites for hydroxylation is 1. The number of anilines is 2. The first-order chi connectivity index (χ1) is 10.6. The minimum Gasteiger partial charge on any atom is -0.351 e. The maximum absolute atomic E-state index is 13.7. The third-order valence-electron chi connectivity index (χ3n) is 3.54. The number of nitrogens with one attached hydrogen (secondary N) is 1. The summed E-state index contributed by atoms with van der Waals surface area (Å²) in [5.74, 6) is -0.761. The minimum absolute atomic E-state index is 0.0584. The number of aromatic amines is 1. The number of piperazine rings is 1. The fourth-order valence-electron chi connectivity index (χ4n) is 2.38. The zero-order chi connectivity index (χ0) is 15.7. The van der Waals surface area contributed by atoms with Gasteiger partial charge >= 0.3 is 0 Å². The molecule has 0 spiro atoms. The normalized spacial score (nSPS) is 15.2. The lowest BCUT2D eigenvalue weighted by Gasteiger charge is -2.35. The van der Waals surface area contributed by atoms with Crippen molar-refractivity contribution >= 4 is 11.8 Å². The van der Waals surface area contributed by atoms with Crippen LogP contribution in [0.4, 0.5) is 20.5 Å². The lowest BCUT2D eigenvalue weighted by atomic mass is 10.3. The molecule has 3 heterocycles. The van der Waals surface area contributed by atoms with E-state index < -0.39 is 17.2 Å². The van der Waals surface area contributed by atoms with Crippen molar-refractivity contribution in [2.75, 3.05) is 36.0 Å². The summed E-state index contributed by atoms with van der Waals surface area (Å²) in [6.45, 7) is 3.48. The molecule has 1 aliphatic heterocycles. The topological polar surface area (TPSA) is 78.0 Å². The second kappa shape index (κ2) is 5.66. The molecule has 0 saturated carbocycles. The summed E-state index contributed by atoms with van der Waals surface area (Å²) in [4.78, 5) is 29.1. The van der Waals surface area contributed by atoms with Crippen LogP contribution in [-0.4, -0.2) is 46.1 Å². The molecule has 2 aromatic rings. The Bertz CT molecular complexity index is 742. The minimum atomic E-state index is -0.870. The first kappa shape index (κ1) is 14.4. The fourth-order valence-corrected chi connectivity index (χ4v) is 2.38. The Morgan fingerprint density at radius 2 is 1.86 bits per heavy atom. The van der Waals surface area contributed by atoms with Crippen LogP contribution in [-0.2, 0) is 0 Å². The van der Waals surface area contributed by atoms with Gasteiger partial charge in [0.15, 0.2) is 11.6 Å². The number of rotatable bonds is 2. The number of nitrogens with zero attached hydrogens (tertiary/aromatic N) is 5. The van der Waals surface area contributed by atoms with Gasteiger partial charge in [-0.2, -0.15) is 4.39 Å². The summed E-state index contributed by atoms with van der Waals surface area (Å²) in [6, 6.07) is 0. The van der Waals surface area contributed by atoms with Crippen molar-refractivity contribution in [1.29, 1.82) is 0 Å². The SMILES string of the molecule is Cc1nc(N2CCN(c3ncncc3F)CC2)[nH]c(=O)c1F. The summed E-state index contributed by atoms with van der Waals surface area (Å²) < 4.78 is 27.0. The average Bonchev–Trinajstić information content (AvgIpc) is 2.53. The second-order valence-electron chi connectivity index (χ2n) is 4.96. The molecule has 1 N–H and O–H groups in total. The summed E-state index contributed by atoms with van der Waals surface area (Å²) in [6.07, 6.45) is 2.42. The van der Waals surface area contributed by atoms with Gasteiger partial charge in [-0.3, -0.25) is 9.78 Å². The van der Waals surface area contributed by atoms with E-state index in [9.17, 15) is 13.6 Å². The second-order valence-corrected chi connectivity index (χ2v) is 4.96. The van der Waals surface area contributed by atoms with Crippen LogP contribution >= 0.6 is 0 Å². The third kappa shape index (κ3) is 2.61. The molecular formula is C13H14F2N6O. The number of H-pyrrole nitrogens is 1. The van der Waals surface area contributed by atoms with Gasteiger partial charge in [0.2, 0.25) is 11.8 Å². The Morgan fingerprint density at radius 1 is 1.18 bits per heavy atom. The first-order valence-corrected chi connectivity index (χ1v) is 6.78. The van der Waals surface area contributed by atoms with Crippen molar-refractivity contribution in [3.8, 4) is 0 Å². The van der Waals surface area contributed by atoms with Crippen molar-refractivity contribution in [1.82, 2.24) is 19.9 Å². The van der Waals surface area contributed by atoms with Crippen LogP contribution in [0, 0.1) is 18.6 Å². The van der Waals surface area contributed by atoms with E-state index in [0.717, 1.165) is 6.20 Å². The Balaban J connectivity index is 1.75. The van der Waals surface area contributed by atoms with Crippen molar-refractivity contribution < 1.29 is 8.78 Å². The predicted molar refractivity (Wildman–Crippen MR) is 76.0 cm³/mol. The molecule has 3 rings (SSSR count). The smallest absolute Gasteiger partial charge is 0.288 e. The maximum Gasteiger partial charge on any atom is 0.288 e. The fraction of sp³-hybridized carbons (Fsp3) is 0.385. The first-order valence-electron chi connectivity index (χ1n) is 6.78. The summed E-state index contributed by atoms with van der Waals surface area (Å²) in [7, 11) is 0. The molecule has 9 heteroatoms. The molecule has 1 fully saturated rings. The van der Waals surface area contributed by atoms with Crippen LogP contribution in [0.15, 0.2) is 17.3 Å². The number of aromatic nitrogens is 4. The molecule has 0 unspecified atom stereocenters. The van der Waals surface area contributed by atoms with E-state index in [4.69, 9.17) is 0 Å². The lowest BCUT2D eigenvalue weighted by Crippen LogP contribution is -2.48. The van der Waals surface area contributed by atoms with Gasteiger partial charge in [0.1, 0.15) is 6.33 Å². The quantitative estimate of drug-likeness (QED) is 0.869. The Morgan fingerprint density at radius 3 is 2.50 bits per heavy atom. The van der Waals surface area contributed by atoms with Gasteiger partial charge in [-0.05, 0) is 6.92 Å². The van der Waals surface area contributed by atoms with Gasteiger partial charge in [-0.1, -0.05) is 0 Å². The molecule has 22 heavy (non-hydrogen) atoms. The summed E-state index contributed by atoms with van der Waals surface area (Å²) >= 11 is 0.